The molecule has 0 aromatic rings. The van der Waals surface area contributed by atoms with E-state index in [1.165, 1.54) is 0 Å². The Bertz CT molecular complexity index is 116. The molecule has 10 heavy (non-hydrogen) atoms. The van der Waals surface area contributed by atoms with Gasteiger partial charge < -0.3 is 10.1 Å². The fourth-order valence-electron chi connectivity index (χ4n) is 0.464. The minimum Gasteiger partial charge on any atom is -0.542 e. The average Bonchev–Trinajstić information content (AvgIpc) is 1.87. The van der Waals surface area contributed by atoms with E-state index in [2.05, 4.69) is 5.32 Å². The second-order valence-corrected chi connectivity index (χ2v) is 1.86. The largest absolute Gasteiger partial charge is 0.542 e. The van der Waals surface area contributed by atoms with Crippen LogP contribution in [0.5, 0.6) is 0 Å². The van der Waals surface area contributed by atoms with E-state index in [1.807, 2.05) is 0 Å². The van der Waals surface area contributed by atoms with Crippen LogP contribution in [0.25, 0.3) is 0 Å². The van der Waals surface area contributed by atoms with Gasteiger partial charge in [-0.3, -0.25) is 11.1 Å². The maximum atomic E-state index is 10.6. The van der Waals surface area contributed by atoms with Gasteiger partial charge in [-0.2, -0.15) is 0 Å². The van der Waals surface area contributed by atoms with Crippen LogP contribution in [0, 0.1) is 5.92 Å². The summed E-state index contributed by atoms with van der Waals surface area (Å²) in [6.07, 6.45) is 1.85. The molecule has 0 heterocycles. The second-order valence-electron chi connectivity index (χ2n) is 1.86. The fourth-order valence-corrected chi connectivity index (χ4v) is 0.464. The number of rotatable bonds is 3. The first-order chi connectivity index (χ1) is 4.22. The molecule has 4 heteroatoms. The van der Waals surface area contributed by atoms with Crippen LogP contribution in [0.2, 0.25) is 0 Å². The standard InChI is InChI=1S/C6H10NO2.W/c1-5(3-4-8)6(9)7-2;/h5H,3H2,1-2H3,(H,7,9);/q-1;. The van der Waals surface area contributed by atoms with Crippen LogP contribution in [0.3, 0.4) is 0 Å². The van der Waals surface area contributed by atoms with Gasteiger partial charge in [0.1, 0.15) is 0 Å². The molecule has 0 aromatic heterocycles. The van der Waals surface area contributed by atoms with Crippen LogP contribution in [0.15, 0.2) is 0 Å². The van der Waals surface area contributed by atoms with E-state index in [4.69, 9.17) is 0 Å². The van der Waals surface area contributed by atoms with E-state index < -0.39 is 0 Å². The Kier molecular flexibility index (Phi) is 8.68. The van der Waals surface area contributed by atoms with Gasteiger partial charge in [-0.25, -0.2) is 0 Å². The predicted octanol–water partition coefficient (Wildman–Crippen LogP) is -0.134. The smallest absolute Gasteiger partial charge is 0.220 e. The minimum absolute atomic E-state index is 0. The number of carbonyl (C=O) groups excluding carboxylic acids is 2. The summed E-state index contributed by atoms with van der Waals surface area (Å²) in [5.41, 5.74) is 0. The summed E-state index contributed by atoms with van der Waals surface area (Å²) in [7, 11) is 1.55. The molecule has 0 aliphatic carbocycles. The Morgan fingerprint density at radius 3 is 2.50 bits per heavy atom. The normalized spacial score (nSPS) is 11.0. The van der Waals surface area contributed by atoms with Crippen molar-refractivity contribution in [3.05, 3.63) is 0 Å². The van der Waals surface area contributed by atoms with E-state index in [0.717, 1.165) is 0 Å². The summed E-state index contributed by atoms with van der Waals surface area (Å²) >= 11 is 0. The van der Waals surface area contributed by atoms with E-state index >= 15 is 0 Å². The van der Waals surface area contributed by atoms with E-state index in [1.54, 1.807) is 20.3 Å². The van der Waals surface area contributed by atoms with Gasteiger partial charge in [-0.15, -0.1) is 6.42 Å². The molecule has 58 valence electrons. The van der Waals surface area contributed by atoms with Crippen LogP contribution >= 0.6 is 0 Å². The fraction of sp³-hybridized carbons (Fsp3) is 0.667. The first-order valence-corrected chi connectivity index (χ1v) is 2.79. The second kappa shape index (κ2) is 6.94. The minimum atomic E-state index is -0.243. The Morgan fingerprint density at radius 1 is 1.70 bits per heavy atom. The Morgan fingerprint density at radius 2 is 2.20 bits per heavy atom. The molecule has 0 radical (unpaired) electrons. The van der Waals surface area contributed by atoms with E-state index in [-0.39, 0.29) is 39.3 Å². The predicted molar refractivity (Wildman–Crippen MR) is 33.5 cm³/mol. The van der Waals surface area contributed by atoms with Gasteiger partial charge >= 0.3 is 0 Å². The molecule has 0 aliphatic rings. The van der Waals surface area contributed by atoms with Crippen molar-refractivity contribution in [1.82, 2.24) is 5.32 Å². The van der Waals surface area contributed by atoms with Crippen molar-refractivity contribution in [1.29, 1.82) is 0 Å². The molecule has 1 unspecified atom stereocenters. The molecule has 0 bridgehead atoms. The first kappa shape index (κ1) is 12.5. The van der Waals surface area contributed by atoms with Crippen molar-refractivity contribution >= 4 is 12.2 Å². The third-order valence-corrected chi connectivity index (χ3v) is 1.08. The summed E-state index contributed by atoms with van der Waals surface area (Å²) in [6, 6.07) is 0. The Balaban J connectivity index is 0. The molecule has 0 saturated heterocycles. The van der Waals surface area contributed by atoms with E-state index in [0.29, 0.717) is 0 Å². The van der Waals surface area contributed by atoms with Gasteiger partial charge in [-0.05, 0) is 0 Å². The number of amides is 1. The third kappa shape index (κ3) is 4.68. The first-order valence-electron chi connectivity index (χ1n) is 2.79. The SMILES string of the molecule is CNC(=O)C(C)C[C-]=O.[W]. The summed E-state index contributed by atoms with van der Waals surface area (Å²) in [5.74, 6) is -0.356. The summed E-state index contributed by atoms with van der Waals surface area (Å²) in [5, 5.41) is 2.43. The van der Waals surface area contributed by atoms with Crippen molar-refractivity contribution in [3.8, 4) is 0 Å². The van der Waals surface area contributed by atoms with Crippen LogP contribution in [-0.4, -0.2) is 19.2 Å². The Hall–Kier alpha value is -0.172. The molecule has 1 N–H and O–H groups in total. The zero-order valence-electron chi connectivity index (χ0n) is 6.01. The zero-order chi connectivity index (χ0) is 7.28. The zero-order valence-corrected chi connectivity index (χ0v) is 8.94. The molecule has 0 aromatic carbocycles. The van der Waals surface area contributed by atoms with Crippen LogP contribution in [-0.2, 0) is 30.7 Å². The number of hydrogen-bond acceptors (Lipinski definition) is 2. The third-order valence-electron chi connectivity index (χ3n) is 1.08. The van der Waals surface area contributed by atoms with Crippen molar-refractivity contribution in [2.24, 2.45) is 5.92 Å². The number of nitrogens with one attached hydrogen (secondary N) is 1. The van der Waals surface area contributed by atoms with Crippen LogP contribution in [0.1, 0.15) is 13.3 Å². The van der Waals surface area contributed by atoms with Gasteiger partial charge in [0.05, 0.1) is 0 Å². The van der Waals surface area contributed by atoms with Crippen molar-refractivity contribution in [2.75, 3.05) is 7.05 Å². The molecule has 0 fully saturated rings. The van der Waals surface area contributed by atoms with Gasteiger partial charge in [0, 0.05) is 34.0 Å². The van der Waals surface area contributed by atoms with Crippen molar-refractivity contribution < 1.29 is 30.7 Å². The summed E-state index contributed by atoms with van der Waals surface area (Å²) in [4.78, 5) is 20.3. The Labute approximate surface area is 74.8 Å². The van der Waals surface area contributed by atoms with Gasteiger partial charge in [0.15, 0.2) is 0 Å². The molecule has 3 nitrogen and oxygen atoms in total. The van der Waals surface area contributed by atoms with Crippen LogP contribution in [0.4, 0.5) is 0 Å². The summed E-state index contributed by atoms with van der Waals surface area (Å²) in [6.45, 7) is 1.68. The maximum absolute atomic E-state index is 10.6. The summed E-state index contributed by atoms with van der Waals surface area (Å²) < 4.78 is 0. The van der Waals surface area contributed by atoms with E-state index in [9.17, 15) is 9.59 Å². The molecule has 1 amide bonds. The molecule has 1 atom stereocenters. The quantitative estimate of drug-likeness (QED) is 0.738. The average molecular weight is 312 g/mol. The number of carbonyl (C=O) groups is 1. The van der Waals surface area contributed by atoms with Crippen LogP contribution < -0.4 is 5.32 Å². The van der Waals surface area contributed by atoms with Gasteiger partial charge in [-0.1, -0.05) is 6.92 Å². The molecule has 0 spiro atoms. The molecular formula is C6H10NO2W-. The molecule has 0 aliphatic heterocycles. The topological polar surface area (TPSA) is 46.2 Å². The molecule has 0 rings (SSSR count). The molecule has 0 saturated carbocycles. The maximum Gasteiger partial charge on any atom is 0.220 e. The monoisotopic (exact) mass is 312 g/mol. The van der Waals surface area contributed by atoms with Crippen molar-refractivity contribution in [2.45, 2.75) is 13.3 Å². The van der Waals surface area contributed by atoms with Gasteiger partial charge in [0.25, 0.3) is 0 Å². The molecular weight excluding hydrogens is 302 g/mol. The van der Waals surface area contributed by atoms with Gasteiger partial charge in [0.2, 0.25) is 5.91 Å². The number of hydrogen-bond donors (Lipinski definition) is 1. The van der Waals surface area contributed by atoms with Crippen molar-refractivity contribution in [3.63, 3.8) is 0 Å².